The third-order valence-corrected chi connectivity index (χ3v) is 2.39. The second-order valence-electron chi connectivity index (χ2n) is 3.69. The van der Waals surface area contributed by atoms with Crippen LogP contribution in [0.25, 0.3) is 0 Å². The van der Waals surface area contributed by atoms with Gasteiger partial charge in [-0.15, -0.1) is 0 Å². The summed E-state index contributed by atoms with van der Waals surface area (Å²) in [6, 6.07) is 0. The van der Waals surface area contributed by atoms with Crippen LogP contribution in [0.4, 0.5) is 0 Å². The van der Waals surface area contributed by atoms with Crippen LogP contribution in [0.15, 0.2) is 0 Å². The molecule has 0 N–H and O–H groups in total. The van der Waals surface area contributed by atoms with E-state index < -0.39 is 6.29 Å². The average molecular weight is 200 g/mol. The van der Waals surface area contributed by atoms with Gasteiger partial charge in [0.1, 0.15) is 0 Å². The Morgan fingerprint density at radius 1 is 1.29 bits per heavy atom. The van der Waals surface area contributed by atoms with Crippen molar-refractivity contribution in [1.82, 2.24) is 0 Å². The summed E-state index contributed by atoms with van der Waals surface area (Å²) in [6.45, 7) is 4.81. The number of ether oxygens (including phenoxy) is 2. The summed E-state index contributed by atoms with van der Waals surface area (Å²) in [7, 11) is 0. The average Bonchev–Trinajstić information content (AvgIpc) is 2.97. The van der Waals surface area contributed by atoms with Crippen molar-refractivity contribution in [1.29, 1.82) is 0 Å². The maximum Gasteiger partial charge on any atom is 0.217 e. The summed E-state index contributed by atoms with van der Waals surface area (Å²) < 4.78 is 10.5. The number of carbonyl (C=O) groups is 1. The van der Waals surface area contributed by atoms with Gasteiger partial charge in [0.2, 0.25) is 6.29 Å². The highest BCUT2D eigenvalue weighted by atomic mass is 16.7. The van der Waals surface area contributed by atoms with E-state index in [9.17, 15) is 4.79 Å². The van der Waals surface area contributed by atoms with Crippen molar-refractivity contribution in [2.45, 2.75) is 45.8 Å². The number of Topliss-reactive ketones (excluding diaryl/α,β-unsaturated/α-hetero) is 1. The molecular formula is C11H20O3. The van der Waals surface area contributed by atoms with Crippen LogP contribution in [0.1, 0.15) is 39.5 Å². The molecule has 0 atom stereocenters. The molecule has 0 heterocycles. The van der Waals surface area contributed by atoms with Gasteiger partial charge in [-0.05, 0) is 26.2 Å². The van der Waals surface area contributed by atoms with Gasteiger partial charge in [-0.25, -0.2) is 0 Å². The molecule has 3 nitrogen and oxygen atoms in total. The Hall–Kier alpha value is -0.410. The van der Waals surface area contributed by atoms with Crippen molar-refractivity contribution in [2.24, 2.45) is 5.92 Å². The molecule has 82 valence electrons. The van der Waals surface area contributed by atoms with E-state index in [-0.39, 0.29) is 5.78 Å². The van der Waals surface area contributed by atoms with Crippen molar-refractivity contribution >= 4 is 5.78 Å². The fraction of sp³-hybridized carbons (Fsp3) is 0.909. The molecule has 1 aliphatic carbocycles. The number of hydrogen-bond donors (Lipinski definition) is 0. The topological polar surface area (TPSA) is 35.5 Å². The zero-order chi connectivity index (χ0) is 10.4. The Morgan fingerprint density at radius 2 is 1.86 bits per heavy atom. The van der Waals surface area contributed by atoms with Crippen LogP contribution >= 0.6 is 0 Å². The minimum atomic E-state index is -0.622. The van der Waals surface area contributed by atoms with E-state index in [1.54, 1.807) is 0 Å². The molecule has 0 amide bonds. The fourth-order valence-electron chi connectivity index (χ4n) is 1.41. The maximum atomic E-state index is 11.6. The third kappa shape index (κ3) is 4.20. The second kappa shape index (κ2) is 6.14. The summed E-state index contributed by atoms with van der Waals surface area (Å²) in [5.74, 6) is 0.892. The summed E-state index contributed by atoms with van der Waals surface area (Å²) in [4.78, 5) is 11.6. The zero-order valence-corrected chi connectivity index (χ0v) is 9.12. The Kier molecular flexibility index (Phi) is 5.12. The zero-order valence-electron chi connectivity index (χ0n) is 9.12. The number of ketones is 1. The molecule has 0 unspecified atom stereocenters. The summed E-state index contributed by atoms with van der Waals surface area (Å²) in [6.07, 6.45) is 3.58. The van der Waals surface area contributed by atoms with Crippen molar-refractivity contribution in [3.05, 3.63) is 0 Å². The predicted molar refractivity (Wildman–Crippen MR) is 54.0 cm³/mol. The third-order valence-electron chi connectivity index (χ3n) is 2.39. The molecule has 3 heteroatoms. The van der Waals surface area contributed by atoms with Crippen LogP contribution in [0.5, 0.6) is 0 Å². The van der Waals surface area contributed by atoms with E-state index >= 15 is 0 Å². The normalized spacial score (nSPS) is 16.2. The Labute approximate surface area is 85.8 Å². The van der Waals surface area contributed by atoms with E-state index in [2.05, 4.69) is 0 Å². The lowest BCUT2D eigenvalue weighted by Crippen LogP contribution is -2.27. The van der Waals surface area contributed by atoms with Crippen LogP contribution < -0.4 is 0 Å². The van der Waals surface area contributed by atoms with Gasteiger partial charge in [0.15, 0.2) is 5.78 Å². The van der Waals surface area contributed by atoms with E-state index in [0.717, 1.165) is 12.3 Å². The molecule has 1 fully saturated rings. The molecule has 1 rings (SSSR count). The van der Waals surface area contributed by atoms with Crippen molar-refractivity contribution < 1.29 is 14.3 Å². The van der Waals surface area contributed by atoms with E-state index in [1.165, 1.54) is 12.8 Å². The maximum absolute atomic E-state index is 11.6. The summed E-state index contributed by atoms with van der Waals surface area (Å²) in [5.41, 5.74) is 0. The van der Waals surface area contributed by atoms with Crippen LogP contribution in [0.2, 0.25) is 0 Å². The van der Waals surface area contributed by atoms with E-state index in [4.69, 9.17) is 9.47 Å². The van der Waals surface area contributed by atoms with E-state index in [0.29, 0.717) is 19.6 Å². The molecule has 0 aromatic heterocycles. The minimum Gasteiger partial charge on any atom is -0.346 e. The number of carbonyl (C=O) groups excluding carboxylic acids is 1. The molecule has 0 saturated heterocycles. The van der Waals surface area contributed by atoms with Crippen molar-refractivity contribution in [2.75, 3.05) is 13.2 Å². The van der Waals surface area contributed by atoms with Gasteiger partial charge < -0.3 is 9.47 Å². The molecule has 0 aliphatic heterocycles. The standard InChI is InChI=1S/C11H20O3/c1-3-13-11(14-4-2)10(12)8-7-9-5-6-9/h9,11H,3-8H2,1-2H3. The molecule has 0 spiro atoms. The first-order chi connectivity index (χ1) is 6.77. The Morgan fingerprint density at radius 3 is 2.29 bits per heavy atom. The summed E-state index contributed by atoms with van der Waals surface area (Å²) in [5, 5.41) is 0. The predicted octanol–water partition coefficient (Wildman–Crippen LogP) is 2.14. The van der Waals surface area contributed by atoms with Crippen LogP contribution in [0, 0.1) is 5.92 Å². The molecule has 1 saturated carbocycles. The lowest BCUT2D eigenvalue weighted by atomic mass is 10.1. The first kappa shape index (κ1) is 11.7. The van der Waals surface area contributed by atoms with Crippen LogP contribution in [-0.4, -0.2) is 25.3 Å². The minimum absolute atomic E-state index is 0.0978. The Bertz CT molecular complexity index is 169. The molecule has 0 aromatic carbocycles. The highest BCUT2D eigenvalue weighted by Gasteiger charge is 2.25. The first-order valence-electron chi connectivity index (χ1n) is 5.53. The largest absolute Gasteiger partial charge is 0.346 e. The molecule has 1 aliphatic rings. The van der Waals surface area contributed by atoms with Gasteiger partial charge in [0.05, 0.1) is 0 Å². The summed E-state index contributed by atoms with van der Waals surface area (Å²) >= 11 is 0. The van der Waals surface area contributed by atoms with Crippen molar-refractivity contribution in [3.8, 4) is 0 Å². The highest BCUT2D eigenvalue weighted by Crippen LogP contribution is 2.33. The quantitative estimate of drug-likeness (QED) is 0.563. The number of rotatable bonds is 8. The SMILES string of the molecule is CCOC(OCC)C(=O)CCC1CC1. The van der Waals surface area contributed by atoms with Gasteiger partial charge in [-0.3, -0.25) is 4.79 Å². The highest BCUT2D eigenvalue weighted by molar-refractivity contribution is 5.81. The Balaban J connectivity index is 2.20. The molecule has 0 aromatic rings. The first-order valence-corrected chi connectivity index (χ1v) is 5.53. The van der Waals surface area contributed by atoms with Gasteiger partial charge >= 0.3 is 0 Å². The number of hydrogen-bond acceptors (Lipinski definition) is 3. The van der Waals surface area contributed by atoms with Gasteiger partial charge in [0.25, 0.3) is 0 Å². The smallest absolute Gasteiger partial charge is 0.217 e. The van der Waals surface area contributed by atoms with Crippen LogP contribution in [-0.2, 0) is 14.3 Å². The van der Waals surface area contributed by atoms with Crippen LogP contribution in [0.3, 0.4) is 0 Å². The van der Waals surface area contributed by atoms with E-state index in [1.807, 2.05) is 13.8 Å². The second-order valence-corrected chi connectivity index (χ2v) is 3.69. The molecule has 0 bridgehead atoms. The lowest BCUT2D eigenvalue weighted by Gasteiger charge is -2.15. The fourth-order valence-corrected chi connectivity index (χ4v) is 1.41. The molecular weight excluding hydrogens is 180 g/mol. The monoisotopic (exact) mass is 200 g/mol. The van der Waals surface area contributed by atoms with Gasteiger partial charge in [0, 0.05) is 19.6 Å². The van der Waals surface area contributed by atoms with Gasteiger partial charge in [-0.2, -0.15) is 0 Å². The molecule has 14 heavy (non-hydrogen) atoms. The lowest BCUT2D eigenvalue weighted by molar-refractivity contribution is -0.168. The van der Waals surface area contributed by atoms with Crippen molar-refractivity contribution in [3.63, 3.8) is 0 Å². The molecule has 0 radical (unpaired) electrons. The van der Waals surface area contributed by atoms with Gasteiger partial charge in [-0.1, -0.05) is 12.8 Å².